The van der Waals surface area contributed by atoms with Crippen LogP contribution in [0.5, 0.6) is 5.75 Å². The van der Waals surface area contributed by atoms with Crippen molar-refractivity contribution in [3.05, 3.63) is 124 Å². The van der Waals surface area contributed by atoms with Crippen LogP contribution in [-0.4, -0.2) is 51.4 Å². The van der Waals surface area contributed by atoms with Crippen LogP contribution in [-0.2, 0) is 32.6 Å². The van der Waals surface area contributed by atoms with Crippen LogP contribution in [0, 0.1) is 6.92 Å². The second kappa shape index (κ2) is 16.7. The molecule has 1 atom stereocenters. The first-order chi connectivity index (χ1) is 22.5. The Balaban J connectivity index is 1.82. The lowest BCUT2D eigenvalue weighted by molar-refractivity contribution is -0.140. The number of rotatable bonds is 15. The maximum absolute atomic E-state index is 14.6. The highest BCUT2D eigenvalue weighted by molar-refractivity contribution is 7.92. The zero-order valence-electron chi connectivity index (χ0n) is 26.7. The monoisotopic (exact) mass is 695 g/mol. The Kier molecular flexibility index (Phi) is 12.7. The van der Waals surface area contributed by atoms with Crippen molar-refractivity contribution in [3.63, 3.8) is 0 Å². The fourth-order valence-corrected chi connectivity index (χ4v) is 6.96. The summed E-state index contributed by atoms with van der Waals surface area (Å²) in [4.78, 5) is 29.9. The number of carbonyl (C=O) groups is 2. The summed E-state index contributed by atoms with van der Waals surface area (Å²) < 4.78 is 34.7. The van der Waals surface area contributed by atoms with Crippen molar-refractivity contribution in [1.29, 1.82) is 0 Å². The highest BCUT2D eigenvalue weighted by Gasteiger charge is 2.35. The van der Waals surface area contributed by atoms with Gasteiger partial charge in [0.05, 0.1) is 17.7 Å². The lowest BCUT2D eigenvalue weighted by Gasteiger charge is -2.34. The third-order valence-corrected chi connectivity index (χ3v) is 10.2. The molecule has 2 amide bonds. The molecule has 0 aliphatic rings. The molecule has 11 heteroatoms. The molecule has 0 fully saturated rings. The van der Waals surface area contributed by atoms with E-state index in [0.29, 0.717) is 27.9 Å². The van der Waals surface area contributed by atoms with Crippen molar-refractivity contribution in [2.45, 2.75) is 50.6 Å². The normalized spacial score (nSPS) is 11.9. The fourth-order valence-electron chi connectivity index (χ4n) is 5.03. The van der Waals surface area contributed by atoms with E-state index < -0.39 is 28.5 Å². The maximum Gasteiger partial charge on any atom is 0.264 e. The summed E-state index contributed by atoms with van der Waals surface area (Å²) in [6.45, 7) is 3.58. The minimum Gasteiger partial charge on any atom is -0.497 e. The number of sulfonamides is 1. The number of hydrogen-bond acceptors (Lipinski definition) is 5. The average molecular weight is 697 g/mol. The summed E-state index contributed by atoms with van der Waals surface area (Å²) in [5.41, 5.74) is 2.41. The predicted molar refractivity (Wildman–Crippen MR) is 188 cm³/mol. The van der Waals surface area contributed by atoms with Gasteiger partial charge in [0.2, 0.25) is 11.8 Å². The SMILES string of the molecule is CCCCNC(=O)[C@@H](Cc1ccccc1)N(Cc1c(Cl)cccc1Cl)C(=O)CN(c1ccc(OC)cc1)S(=O)(=O)c1ccc(C)cc1. The van der Waals surface area contributed by atoms with Crippen molar-refractivity contribution in [2.75, 3.05) is 24.5 Å². The van der Waals surface area contributed by atoms with E-state index in [4.69, 9.17) is 27.9 Å². The predicted octanol–water partition coefficient (Wildman–Crippen LogP) is 7.06. The van der Waals surface area contributed by atoms with E-state index >= 15 is 0 Å². The van der Waals surface area contributed by atoms with Crippen molar-refractivity contribution < 1.29 is 22.7 Å². The number of unbranched alkanes of at least 4 members (excludes halogenated alkanes) is 1. The minimum atomic E-state index is -4.24. The molecule has 0 bridgehead atoms. The van der Waals surface area contributed by atoms with E-state index in [1.807, 2.05) is 44.2 Å². The lowest BCUT2D eigenvalue weighted by Crippen LogP contribution is -2.53. The number of halogens is 2. The second-order valence-electron chi connectivity index (χ2n) is 11.1. The molecule has 0 saturated heterocycles. The Morgan fingerprint density at radius 2 is 1.51 bits per heavy atom. The molecule has 4 aromatic carbocycles. The Bertz CT molecular complexity index is 1730. The summed E-state index contributed by atoms with van der Waals surface area (Å²) in [7, 11) is -2.73. The molecule has 0 heterocycles. The quantitative estimate of drug-likeness (QED) is 0.134. The van der Waals surface area contributed by atoms with Crippen molar-refractivity contribution >= 4 is 50.7 Å². The molecule has 0 spiro atoms. The van der Waals surface area contributed by atoms with Crippen molar-refractivity contribution in [2.24, 2.45) is 0 Å². The first-order valence-electron chi connectivity index (χ1n) is 15.3. The Labute approximate surface area is 287 Å². The summed E-state index contributed by atoms with van der Waals surface area (Å²) in [5.74, 6) is -0.454. The van der Waals surface area contributed by atoms with Gasteiger partial charge in [-0.1, -0.05) is 90.6 Å². The fraction of sp³-hybridized carbons (Fsp3) is 0.278. The van der Waals surface area contributed by atoms with Crippen LogP contribution in [0.15, 0.2) is 102 Å². The van der Waals surface area contributed by atoms with Gasteiger partial charge in [0.1, 0.15) is 18.3 Å². The molecule has 0 unspecified atom stereocenters. The van der Waals surface area contributed by atoms with Crippen LogP contribution in [0.1, 0.15) is 36.5 Å². The molecule has 47 heavy (non-hydrogen) atoms. The van der Waals surface area contributed by atoms with Gasteiger partial charge >= 0.3 is 0 Å². The largest absolute Gasteiger partial charge is 0.497 e. The number of anilines is 1. The van der Waals surface area contributed by atoms with Gasteiger partial charge in [-0.15, -0.1) is 0 Å². The molecule has 4 aromatic rings. The van der Waals surface area contributed by atoms with E-state index in [0.717, 1.165) is 28.3 Å². The second-order valence-corrected chi connectivity index (χ2v) is 13.8. The number of nitrogens with zero attached hydrogens (tertiary/aromatic N) is 2. The first-order valence-corrected chi connectivity index (χ1v) is 17.5. The third-order valence-electron chi connectivity index (χ3n) is 7.74. The van der Waals surface area contributed by atoms with Crippen LogP contribution in [0.4, 0.5) is 5.69 Å². The zero-order valence-corrected chi connectivity index (χ0v) is 29.0. The smallest absolute Gasteiger partial charge is 0.264 e. The zero-order chi connectivity index (χ0) is 34.0. The molecule has 8 nitrogen and oxygen atoms in total. The Morgan fingerprint density at radius 3 is 2.11 bits per heavy atom. The van der Waals surface area contributed by atoms with Gasteiger partial charge in [-0.2, -0.15) is 0 Å². The standard InChI is InChI=1S/C36H39Cl2N3O5S/c1-4-5-22-39-36(43)34(23-27-10-7-6-8-11-27)40(24-31-32(37)12-9-13-33(31)38)35(42)25-41(28-16-18-29(46-3)19-17-28)47(44,45)30-20-14-26(2)15-21-30/h6-21,34H,4-5,22-25H2,1-3H3,(H,39,43)/t34-/m1/s1. The minimum absolute atomic E-state index is 0.0190. The highest BCUT2D eigenvalue weighted by atomic mass is 35.5. The number of aryl methyl sites for hydroxylation is 1. The molecular weight excluding hydrogens is 657 g/mol. The van der Waals surface area contributed by atoms with Crippen molar-refractivity contribution in [3.8, 4) is 5.75 Å². The summed E-state index contributed by atoms with van der Waals surface area (Å²) in [6.07, 6.45) is 1.81. The molecule has 0 radical (unpaired) electrons. The van der Waals surface area contributed by atoms with Crippen molar-refractivity contribution in [1.82, 2.24) is 10.2 Å². The third kappa shape index (κ3) is 9.28. The topological polar surface area (TPSA) is 96.0 Å². The van der Waals surface area contributed by atoms with Crippen LogP contribution in [0.25, 0.3) is 0 Å². The van der Waals surface area contributed by atoms with E-state index in [2.05, 4.69) is 5.32 Å². The van der Waals surface area contributed by atoms with Gasteiger partial charge in [0.25, 0.3) is 10.0 Å². The number of nitrogens with one attached hydrogen (secondary N) is 1. The van der Waals surface area contributed by atoms with Crippen LogP contribution < -0.4 is 14.4 Å². The lowest BCUT2D eigenvalue weighted by atomic mass is 10.0. The van der Waals surface area contributed by atoms with Gasteiger partial charge in [-0.05, 0) is 67.4 Å². The number of ether oxygens (including phenoxy) is 1. The molecule has 0 aliphatic heterocycles. The summed E-state index contributed by atoms with van der Waals surface area (Å²) in [6, 6.07) is 26.2. The number of carbonyl (C=O) groups excluding carboxylic acids is 2. The van der Waals surface area contributed by atoms with E-state index in [1.54, 1.807) is 54.6 Å². The number of methoxy groups -OCH3 is 1. The molecule has 0 aliphatic carbocycles. The van der Waals surface area contributed by atoms with Gasteiger partial charge in [0.15, 0.2) is 0 Å². The first kappa shape index (κ1) is 35.8. The molecule has 248 valence electrons. The summed E-state index contributed by atoms with van der Waals surface area (Å²) >= 11 is 13.2. The van der Waals surface area contributed by atoms with Gasteiger partial charge in [-0.25, -0.2) is 8.42 Å². The number of hydrogen-bond donors (Lipinski definition) is 1. The Morgan fingerprint density at radius 1 is 0.872 bits per heavy atom. The van der Waals surface area contributed by atoms with E-state index in [-0.39, 0.29) is 29.5 Å². The van der Waals surface area contributed by atoms with Gasteiger partial charge in [-0.3, -0.25) is 13.9 Å². The highest BCUT2D eigenvalue weighted by Crippen LogP contribution is 2.30. The summed E-state index contributed by atoms with van der Waals surface area (Å²) in [5, 5.41) is 3.61. The molecule has 4 rings (SSSR count). The van der Waals surface area contributed by atoms with Crippen LogP contribution in [0.3, 0.4) is 0 Å². The molecule has 0 saturated carbocycles. The van der Waals surface area contributed by atoms with E-state index in [1.165, 1.54) is 24.1 Å². The van der Waals surface area contributed by atoms with E-state index in [9.17, 15) is 18.0 Å². The Hall–Kier alpha value is -4.05. The molecular formula is C36H39Cl2N3O5S. The van der Waals surface area contributed by atoms with Crippen LogP contribution in [0.2, 0.25) is 10.0 Å². The maximum atomic E-state index is 14.6. The number of benzene rings is 4. The molecule has 1 N–H and O–H groups in total. The van der Waals surface area contributed by atoms with Gasteiger partial charge in [0, 0.05) is 35.1 Å². The molecule has 0 aromatic heterocycles. The number of amides is 2. The van der Waals surface area contributed by atoms with Gasteiger partial charge < -0.3 is 15.0 Å². The van der Waals surface area contributed by atoms with Crippen LogP contribution >= 0.6 is 23.2 Å². The average Bonchev–Trinajstić information content (AvgIpc) is 3.07.